The Morgan fingerprint density at radius 3 is 2.58 bits per heavy atom. The van der Waals surface area contributed by atoms with E-state index >= 15 is 0 Å². The van der Waals surface area contributed by atoms with Gasteiger partial charge in [-0.2, -0.15) is 0 Å². The Morgan fingerprint density at radius 2 is 2.04 bits per heavy atom. The molecule has 1 amide bonds. The smallest absolute Gasteiger partial charge is 0.247 e. The van der Waals surface area contributed by atoms with Gasteiger partial charge in [0.2, 0.25) is 5.91 Å². The Morgan fingerprint density at radius 1 is 1.33 bits per heavy atom. The average molecular weight is 329 g/mol. The van der Waals surface area contributed by atoms with E-state index in [1.165, 1.54) is 11.6 Å². The number of hydrogen-bond donors (Lipinski definition) is 1. The third-order valence-electron chi connectivity index (χ3n) is 4.48. The lowest BCUT2D eigenvalue weighted by Crippen LogP contribution is -2.22. The highest BCUT2D eigenvalue weighted by Gasteiger charge is 2.20. The van der Waals surface area contributed by atoms with Gasteiger partial charge in [-0.1, -0.05) is 25.2 Å². The molecule has 1 aromatic rings. The first-order valence-corrected chi connectivity index (χ1v) is 8.56. The van der Waals surface area contributed by atoms with Gasteiger partial charge < -0.3 is 14.8 Å². The van der Waals surface area contributed by atoms with Gasteiger partial charge >= 0.3 is 0 Å². The lowest BCUT2D eigenvalue weighted by molar-refractivity contribution is -0.111. The standard InChI is InChI=1S/C20H27NO3/c1-5-14-8-10-16(11-9-14)24-19-13-18(23-4)15(6-2)12-17(19)21-20(22)7-3/h5,7,12-13,16H,3,6,8-11H2,1-2,4H3,(H,21,22). The predicted octanol–water partition coefficient (Wildman–Crippen LogP) is 4.65. The van der Waals surface area contributed by atoms with Gasteiger partial charge in [-0.15, -0.1) is 0 Å². The molecule has 130 valence electrons. The van der Waals surface area contributed by atoms with Crippen LogP contribution in [-0.4, -0.2) is 19.1 Å². The summed E-state index contributed by atoms with van der Waals surface area (Å²) in [6.07, 6.45) is 8.56. The van der Waals surface area contributed by atoms with Crippen molar-refractivity contribution in [2.75, 3.05) is 12.4 Å². The lowest BCUT2D eigenvalue weighted by atomic mass is 9.92. The molecule has 0 unspecified atom stereocenters. The molecule has 0 aliphatic heterocycles. The highest BCUT2D eigenvalue weighted by molar-refractivity contribution is 6.00. The predicted molar refractivity (Wildman–Crippen MR) is 97.8 cm³/mol. The molecule has 1 aliphatic carbocycles. The third kappa shape index (κ3) is 4.40. The molecule has 4 heteroatoms. The molecule has 0 heterocycles. The number of hydrogen-bond acceptors (Lipinski definition) is 3. The van der Waals surface area contributed by atoms with Crippen LogP contribution in [0, 0.1) is 0 Å². The summed E-state index contributed by atoms with van der Waals surface area (Å²) in [4.78, 5) is 11.7. The minimum absolute atomic E-state index is 0.158. The molecule has 0 atom stereocenters. The number of anilines is 1. The van der Waals surface area contributed by atoms with Crippen molar-refractivity contribution < 1.29 is 14.3 Å². The molecule has 2 rings (SSSR count). The Bertz CT molecular complexity index is 624. The molecule has 0 spiro atoms. The number of nitrogens with one attached hydrogen (secondary N) is 1. The number of rotatable bonds is 6. The second-order valence-corrected chi connectivity index (χ2v) is 5.97. The van der Waals surface area contributed by atoms with E-state index in [4.69, 9.17) is 9.47 Å². The summed E-state index contributed by atoms with van der Waals surface area (Å²) in [6, 6.07) is 3.80. The van der Waals surface area contributed by atoms with E-state index in [0.29, 0.717) is 11.4 Å². The number of carbonyl (C=O) groups is 1. The maximum atomic E-state index is 11.7. The fourth-order valence-corrected chi connectivity index (χ4v) is 3.00. The fraction of sp³-hybridized carbons (Fsp3) is 0.450. The number of benzene rings is 1. The van der Waals surface area contributed by atoms with Crippen LogP contribution in [-0.2, 0) is 11.2 Å². The minimum Gasteiger partial charge on any atom is -0.496 e. The molecule has 24 heavy (non-hydrogen) atoms. The number of carbonyl (C=O) groups excluding carboxylic acids is 1. The maximum absolute atomic E-state index is 11.7. The molecular weight excluding hydrogens is 302 g/mol. The van der Waals surface area contributed by atoms with Crippen molar-refractivity contribution in [1.29, 1.82) is 0 Å². The quantitative estimate of drug-likeness (QED) is 0.610. The summed E-state index contributed by atoms with van der Waals surface area (Å²) >= 11 is 0. The Hall–Kier alpha value is -2.23. The van der Waals surface area contributed by atoms with Gasteiger partial charge in [0.05, 0.1) is 18.9 Å². The zero-order chi connectivity index (χ0) is 17.5. The molecular formula is C20H27NO3. The van der Waals surface area contributed by atoms with Crippen LogP contribution in [0.15, 0.2) is 36.4 Å². The van der Waals surface area contributed by atoms with Crippen LogP contribution in [0.4, 0.5) is 5.69 Å². The van der Waals surface area contributed by atoms with Crippen LogP contribution in [0.5, 0.6) is 11.5 Å². The first kappa shape index (κ1) is 18.1. The van der Waals surface area contributed by atoms with Crippen LogP contribution in [0.25, 0.3) is 0 Å². The minimum atomic E-state index is -0.244. The van der Waals surface area contributed by atoms with Crippen molar-refractivity contribution in [3.05, 3.63) is 42.0 Å². The van der Waals surface area contributed by atoms with Gasteiger partial charge in [0, 0.05) is 6.07 Å². The van der Waals surface area contributed by atoms with Crippen molar-refractivity contribution in [1.82, 2.24) is 0 Å². The Kier molecular flexibility index (Phi) is 6.47. The fourth-order valence-electron chi connectivity index (χ4n) is 3.00. The van der Waals surface area contributed by atoms with E-state index in [-0.39, 0.29) is 12.0 Å². The first-order valence-electron chi connectivity index (χ1n) is 8.56. The van der Waals surface area contributed by atoms with E-state index < -0.39 is 0 Å². The summed E-state index contributed by atoms with van der Waals surface area (Å²) in [7, 11) is 1.65. The van der Waals surface area contributed by atoms with E-state index in [1.807, 2.05) is 12.1 Å². The Labute approximate surface area is 144 Å². The topological polar surface area (TPSA) is 47.6 Å². The molecule has 1 aliphatic rings. The average Bonchev–Trinajstić information content (AvgIpc) is 2.63. The van der Waals surface area contributed by atoms with Crippen molar-refractivity contribution in [3.8, 4) is 11.5 Å². The second kappa shape index (κ2) is 8.57. The molecule has 4 nitrogen and oxygen atoms in total. The second-order valence-electron chi connectivity index (χ2n) is 5.97. The van der Waals surface area contributed by atoms with Crippen molar-refractivity contribution in [2.45, 2.75) is 52.1 Å². The molecule has 0 saturated heterocycles. The van der Waals surface area contributed by atoms with Crippen molar-refractivity contribution >= 4 is 11.6 Å². The van der Waals surface area contributed by atoms with Gasteiger partial charge in [0.25, 0.3) is 0 Å². The van der Waals surface area contributed by atoms with Crippen LogP contribution in [0.2, 0.25) is 0 Å². The SMILES string of the molecule is C=CC(=O)Nc1cc(CC)c(OC)cc1OC1CCC(=CC)CC1. The number of ether oxygens (including phenoxy) is 2. The van der Waals surface area contributed by atoms with Crippen LogP contribution < -0.4 is 14.8 Å². The van der Waals surface area contributed by atoms with E-state index in [1.54, 1.807) is 7.11 Å². The van der Waals surface area contributed by atoms with E-state index in [9.17, 15) is 4.79 Å². The summed E-state index contributed by atoms with van der Waals surface area (Å²) in [5.74, 6) is 1.20. The number of aryl methyl sites for hydroxylation is 1. The molecule has 0 bridgehead atoms. The van der Waals surface area contributed by atoms with Gasteiger partial charge in [-0.05, 0) is 56.7 Å². The molecule has 0 radical (unpaired) electrons. The maximum Gasteiger partial charge on any atom is 0.247 e. The van der Waals surface area contributed by atoms with Gasteiger partial charge in [0.1, 0.15) is 11.5 Å². The van der Waals surface area contributed by atoms with E-state index in [0.717, 1.165) is 43.4 Å². The van der Waals surface area contributed by atoms with Crippen molar-refractivity contribution in [2.24, 2.45) is 0 Å². The zero-order valence-corrected chi connectivity index (χ0v) is 14.9. The van der Waals surface area contributed by atoms with E-state index in [2.05, 4.69) is 31.8 Å². The molecule has 1 saturated carbocycles. The normalized spacial score (nSPS) is 17.1. The van der Waals surface area contributed by atoms with Crippen LogP contribution in [0.3, 0.4) is 0 Å². The van der Waals surface area contributed by atoms with Crippen molar-refractivity contribution in [3.63, 3.8) is 0 Å². The van der Waals surface area contributed by atoms with Gasteiger partial charge in [-0.3, -0.25) is 4.79 Å². The molecule has 1 N–H and O–H groups in total. The number of amides is 1. The molecule has 1 fully saturated rings. The first-order chi connectivity index (χ1) is 11.6. The summed E-state index contributed by atoms with van der Waals surface area (Å²) in [5, 5.41) is 2.85. The van der Waals surface area contributed by atoms with Crippen LogP contribution >= 0.6 is 0 Å². The lowest BCUT2D eigenvalue weighted by Gasteiger charge is -2.26. The molecule has 1 aromatic carbocycles. The molecule has 0 aromatic heterocycles. The largest absolute Gasteiger partial charge is 0.496 e. The monoisotopic (exact) mass is 329 g/mol. The summed E-state index contributed by atoms with van der Waals surface area (Å²) in [5.41, 5.74) is 3.20. The summed E-state index contributed by atoms with van der Waals surface area (Å²) in [6.45, 7) is 7.66. The van der Waals surface area contributed by atoms with Crippen LogP contribution in [0.1, 0.15) is 45.1 Å². The Balaban J connectivity index is 2.25. The zero-order valence-electron chi connectivity index (χ0n) is 14.9. The van der Waals surface area contributed by atoms with Gasteiger partial charge in [0.15, 0.2) is 0 Å². The van der Waals surface area contributed by atoms with Gasteiger partial charge in [-0.25, -0.2) is 0 Å². The third-order valence-corrected chi connectivity index (χ3v) is 4.48. The summed E-state index contributed by atoms with van der Waals surface area (Å²) < 4.78 is 11.7. The highest BCUT2D eigenvalue weighted by atomic mass is 16.5. The number of methoxy groups -OCH3 is 1. The highest BCUT2D eigenvalue weighted by Crippen LogP contribution is 2.36. The number of allylic oxidation sites excluding steroid dienone is 2.